The third-order valence-corrected chi connectivity index (χ3v) is 3.57. The molecule has 0 unspecified atom stereocenters. The van der Waals surface area contributed by atoms with Crippen LogP contribution >= 0.6 is 0 Å². The summed E-state index contributed by atoms with van der Waals surface area (Å²) in [6, 6.07) is 13.1. The molecule has 0 radical (unpaired) electrons. The van der Waals surface area contributed by atoms with Gasteiger partial charge in [0.2, 0.25) is 5.91 Å². The molecule has 0 aliphatic carbocycles. The molecule has 0 heterocycles. The molecule has 25 heavy (non-hydrogen) atoms. The Balaban J connectivity index is 2.15. The summed E-state index contributed by atoms with van der Waals surface area (Å²) < 4.78 is 38.2. The van der Waals surface area contributed by atoms with Crippen LogP contribution < -0.4 is 5.32 Å². The van der Waals surface area contributed by atoms with Crippen molar-refractivity contribution in [2.24, 2.45) is 5.92 Å². The number of carbonyl (C=O) groups excluding carboxylic acids is 1. The van der Waals surface area contributed by atoms with Gasteiger partial charge >= 0.3 is 12.1 Å². The first-order chi connectivity index (χ1) is 11.8. The number of carbonyl (C=O) groups is 2. The number of alkyl halides is 3. The van der Waals surface area contributed by atoms with Crippen molar-refractivity contribution in [3.05, 3.63) is 65.7 Å². The molecule has 4 nitrogen and oxygen atoms in total. The Morgan fingerprint density at radius 1 is 1.04 bits per heavy atom. The molecule has 0 aliphatic rings. The molecule has 132 valence electrons. The number of benzene rings is 2. The summed E-state index contributed by atoms with van der Waals surface area (Å²) in [5.41, 5.74) is -0.139. The molecule has 2 rings (SSSR count). The number of carboxylic acids is 1. The van der Waals surface area contributed by atoms with Gasteiger partial charge in [-0.1, -0.05) is 36.4 Å². The van der Waals surface area contributed by atoms with Crippen molar-refractivity contribution in [3.8, 4) is 0 Å². The zero-order valence-electron chi connectivity index (χ0n) is 13.1. The molecule has 0 bridgehead atoms. The number of aliphatic carboxylic acids is 1. The average molecular weight is 351 g/mol. The van der Waals surface area contributed by atoms with Gasteiger partial charge in [-0.2, -0.15) is 13.2 Å². The van der Waals surface area contributed by atoms with Crippen molar-refractivity contribution in [3.63, 3.8) is 0 Å². The third kappa shape index (κ3) is 5.63. The highest BCUT2D eigenvalue weighted by atomic mass is 19.4. The first-order valence-corrected chi connectivity index (χ1v) is 7.49. The lowest BCUT2D eigenvalue weighted by Gasteiger charge is -2.16. The molecule has 0 saturated carbocycles. The van der Waals surface area contributed by atoms with Crippen molar-refractivity contribution in [1.82, 2.24) is 0 Å². The number of nitrogens with one attached hydrogen (secondary N) is 1. The highest BCUT2D eigenvalue weighted by molar-refractivity contribution is 5.94. The molecular formula is C18H16F3NO3. The quantitative estimate of drug-likeness (QED) is 0.827. The van der Waals surface area contributed by atoms with Crippen molar-refractivity contribution in [2.75, 3.05) is 5.32 Å². The molecule has 2 N–H and O–H groups in total. The van der Waals surface area contributed by atoms with Gasteiger partial charge in [0, 0.05) is 5.69 Å². The summed E-state index contributed by atoms with van der Waals surface area (Å²) in [5.74, 6) is -2.68. The lowest BCUT2D eigenvalue weighted by atomic mass is 9.95. The van der Waals surface area contributed by atoms with E-state index in [0.29, 0.717) is 0 Å². The second-order valence-corrected chi connectivity index (χ2v) is 5.55. The molecule has 0 fully saturated rings. The largest absolute Gasteiger partial charge is 0.481 e. The number of amides is 1. The SMILES string of the molecule is O=C(O)C[C@H](Cc1ccccc1)C(=O)Nc1cccc(C(F)(F)F)c1. The third-order valence-electron chi connectivity index (χ3n) is 3.57. The Labute approximate surface area is 142 Å². The predicted octanol–water partition coefficient (Wildman–Crippen LogP) is 3.98. The second kappa shape index (κ2) is 7.83. The molecule has 2 aromatic rings. The van der Waals surface area contributed by atoms with Crippen molar-refractivity contribution in [1.29, 1.82) is 0 Å². The van der Waals surface area contributed by atoms with E-state index in [4.69, 9.17) is 5.11 Å². The highest BCUT2D eigenvalue weighted by Crippen LogP contribution is 2.30. The minimum atomic E-state index is -4.52. The molecule has 1 amide bonds. The molecule has 1 atom stereocenters. The zero-order valence-corrected chi connectivity index (χ0v) is 13.1. The first-order valence-electron chi connectivity index (χ1n) is 7.49. The average Bonchev–Trinajstić information content (AvgIpc) is 2.54. The van der Waals surface area contributed by atoms with Crippen LogP contribution in [-0.4, -0.2) is 17.0 Å². The van der Waals surface area contributed by atoms with Crippen LogP contribution in [0.1, 0.15) is 17.5 Å². The smallest absolute Gasteiger partial charge is 0.416 e. The molecule has 0 saturated heterocycles. The van der Waals surface area contributed by atoms with E-state index < -0.39 is 36.0 Å². The van der Waals surface area contributed by atoms with Crippen LogP contribution in [0, 0.1) is 5.92 Å². The number of anilines is 1. The van der Waals surface area contributed by atoms with Gasteiger partial charge in [-0.3, -0.25) is 9.59 Å². The summed E-state index contributed by atoms with van der Waals surface area (Å²) in [7, 11) is 0. The number of hydrogen-bond donors (Lipinski definition) is 2. The Morgan fingerprint density at radius 3 is 2.32 bits per heavy atom. The zero-order chi connectivity index (χ0) is 18.4. The van der Waals surface area contributed by atoms with Crippen molar-refractivity contribution >= 4 is 17.6 Å². The van der Waals surface area contributed by atoms with E-state index in [1.807, 2.05) is 0 Å². The topological polar surface area (TPSA) is 66.4 Å². The van der Waals surface area contributed by atoms with E-state index in [2.05, 4.69) is 5.32 Å². The molecule has 0 aromatic heterocycles. The minimum absolute atomic E-state index is 0.0247. The Bertz CT molecular complexity index is 745. The van der Waals surface area contributed by atoms with Crippen LogP contribution in [-0.2, 0) is 22.2 Å². The van der Waals surface area contributed by atoms with Crippen LogP contribution in [0.2, 0.25) is 0 Å². The summed E-state index contributed by atoms with van der Waals surface area (Å²) in [6.07, 6.45) is -4.76. The molecule has 0 spiro atoms. The molecular weight excluding hydrogens is 335 g/mol. The van der Waals surface area contributed by atoms with Crippen LogP contribution in [0.3, 0.4) is 0 Å². The van der Waals surface area contributed by atoms with E-state index in [-0.39, 0.29) is 12.1 Å². The van der Waals surface area contributed by atoms with Gasteiger partial charge in [-0.25, -0.2) is 0 Å². The monoisotopic (exact) mass is 351 g/mol. The summed E-state index contributed by atoms with van der Waals surface area (Å²) in [4.78, 5) is 23.4. The Morgan fingerprint density at radius 2 is 1.72 bits per heavy atom. The lowest BCUT2D eigenvalue weighted by molar-refractivity contribution is -0.140. The Hall–Kier alpha value is -2.83. The van der Waals surface area contributed by atoms with Crippen LogP contribution in [0.4, 0.5) is 18.9 Å². The van der Waals surface area contributed by atoms with E-state index in [0.717, 1.165) is 17.7 Å². The van der Waals surface area contributed by atoms with Gasteiger partial charge in [0.25, 0.3) is 0 Å². The number of hydrogen-bond acceptors (Lipinski definition) is 2. The van der Waals surface area contributed by atoms with Gasteiger partial charge in [0.05, 0.1) is 17.9 Å². The lowest BCUT2D eigenvalue weighted by Crippen LogP contribution is -2.27. The van der Waals surface area contributed by atoms with E-state index in [1.165, 1.54) is 12.1 Å². The fraction of sp³-hybridized carbons (Fsp3) is 0.222. The van der Waals surface area contributed by atoms with Gasteiger partial charge < -0.3 is 10.4 Å². The number of carboxylic acid groups (broad SMARTS) is 1. The fourth-order valence-corrected chi connectivity index (χ4v) is 2.38. The van der Waals surface area contributed by atoms with Gasteiger partial charge in [-0.15, -0.1) is 0 Å². The maximum Gasteiger partial charge on any atom is 0.416 e. The van der Waals surface area contributed by atoms with E-state index in [1.54, 1.807) is 30.3 Å². The molecule has 7 heteroatoms. The molecule has 2 aromatic carbocycles. The minimum Gasteiger partial charge on any atom is -0.481 e. The van der Waals surface area contributed by atoms with E-state index in [9.17, 15) is 22.8 Å². The maximum atomic E-state index is 12.7. The Kier molecular flexibility index (Phi) is 5.80. The summed E-state index contributed by atoms with van der Waals surface area (Å²) >= 11 is 0. The van der Waals surface area contributed by atoms with Crippen LogP contribution in [0.5, 0.6) is 0 Å². The van der Waals surface area contributed by atoms with Gasteiger partial charge in [0.1, 0.15) is 0 Å². The molecule has 0 aliphatic heterocycles. The highest BCUT2D eigenvalue weighted by Gasteiger charge is 2.31. The number of rotatable bonds is 6. The summed E-state index contributed by atoms with van der Waals surface area (Å²) in [6.45, 7) is 0. The van der Waals surface area contributed by atoms with Crippen LogP contribution in [0.25, 0.3) is 0 Å². The van der Waals surface area contributed by atoms with Crippen molar-refractivity contribution in [2.45, 2.75) is 19.0 Å². The fourth-order valence-electron chi connectivity index (χ4n) is 2.38. The summed E-state index contributed by atoms with van der Waals surface area (Å²) in [5, 5.41) is 11.4. The predicted molar refractivity (Wildman–Crippen MR) is 86.0 cm³/mol. The maximum absolute atomic E-state index is 12.7. The normalized spacial score (nSPS) is 12.4. The number of halogens is 3. The van der Waals surface area contributed by atoms with Gasteiger partial charge in [-0.05, 0) is 30.2 Å². The first kappa shape index (κ1) is 18.5. The van der Waals surface area contributed by atoms with E-state index >= 15 is 0 Å². The standard InChI is InChI=1S/C18H16F3NO3/c19-18(20,21)14-7-4-8-15(11-14)22-17(25)13(10-16(23)24)9-12-5-2-1-3-6-12/h1-8,11,13H,9-10H2,(H,22,25)(H,23,24)/t13-/m0/s1. The van der Waals surface area contributed by atoms with Crippen LogP contribution in [0.15, 0.2) is 54.6 Å². The van der Waals surface area contributed by atoms with Crippen molar-refractivity contribution < 1.29 is 27.9 Å². The second-order valence-electron chi connectivity index (χ2n) is 5.55. The van der Waals surface area contributed by atoms with Gasteiger partial charge in [0.15, 0.2) is 0 Å².